The predicted octanol–water partition coefficient (Wildman–Crippen LogP) is 2.10. The van der Waals surface area contributed by atoms with Crippen LogP contribution >= 0.6 is 0 Å². The number of nitrogens with zero attached hydrogens (tertiary/aromatic N) is 1. The van der Waals surface area contributed by atoms with Crippen molar-refractivity contribution in [2.45, 2.75) is 38.1 Å². The number of piperidine rings is 1. The van der Waals surface area contributed by atoms with Crippen molar-refractivity contribution >= 4 is 10.0 Å². The lowest BCUT2D eigenvalue weighted by Crippen LogP contribution is -2.43. The Hall–Kier alpha value is -0.980. The number of sulfonamides is 1. The summed E-state index contributed by atoms with van der Waals surface area (Å²) in [7, 11) is -3.68. The maximum absolute atomic E-state index is 13.4. The van der Waals surface area contributed by atoms with E-state index in [1.54, 1.807) is 0 Å². The topological polar surface area (TPSA) is 63.4 Å². The highest BCUT2D eigenvalue weighted by molar-refractivity contribution is 7.89. The SMILES string of the molecule is CC1(C)CCCN(S(=O)(=O)c2cc(F)ccc2CN)C1. The highest BCUT2D eigenvalue weighted by atomic mass is 32.2. The molecule has 0 saturated carbocycles. The van der Waals surface area contributed by atoms with E-state index in [0.717, 1.165) is 18.9 Å². The molecular formula is C14H21FN2O2S. The zero-order valence-corrected chi connectivity index (χ0v) is 12.7. The molecule has 1 heterocycles. The highest BCUT2D eigenvalue weighted by Crippen LogP contribution is 2.32. The largest absolute Gasteiger partial charge is 0.326 e. The van der Waals surface area contributed by atoms with Gasteiger partial charge >= 0.3 is 0 Å². The van der Waals surface area contributed by atoms with Crippen LogP contribution in [-0.4, -0.2) is 25.8 Å². The smallest absolute Gasteiger partial charge is 0.243 e. The average molecular weight is 300 g/mol. The van der Waals surface area contributed by atoms with Crippen LogP contribution < -0.4 is 5.73 Å². The van der Waals surface area contributed by atoms with Crippen LogP contribution in [0.5, 0.6) is 0 Å². The maximum atomic E-state index is 13.4. The number of rotatable bonds is 3. The molecule has 0 radical (unpaired) electrons. The Balaban J connectivity index is 2.42. The van der Waals surface area contributed by atoms with Gasteiger partial charge in [-0.25, -0.2) is 12.8 Å². The Morgan fingerprint density at radius 2 is 2.10 bits per heavy atom. The van der Waals surface area contributed by atoms with Gasteiger partial charge in [-0.15, -0.1) is 0 Å². The normalized spacial score (nSPS) is 20.0. The molecule has 112 valence electrons. The van der Waals surface area contributed by atoms with Gasteiger partial charge in [0.25, 0.3) is 0 Å². The Labute approximate surface area is 119 Å². The van der Waals surface area contributed by atoms with Crippen LogP contribution in [0.1, 0.15) is 32.3 Å². The monoisotopic (exact) mass is 300 g/mol. The quantitative estimate of drug-likeness (QED) is 0.929. The van der Waals surface area contributed by atoms with Gasteiger partial charge in [-0.1, -0.05) is 19.9 Å². The van der Waals surface area contributed by atoms with Gasteiger partial charge in [-0.05, 0) is 36.0 Å². The van der Waals surface area contributed by atoms with Gasteiger partial charge < -0.3 is 5.73 Å². The molecule has 1 aromatic rings. The summed E-state index contributed by atoms with van der Waals surface area (Å²) in [4.78, 5) is -0.00213. The molecule has 1 aliphatic rings. The molecule has 0 aliphatic carbocycles. The van der Waals surface area contributed by atoms with Crippen LogP contribution in [0.25, 0.3) is 0 Å². The second-order valence-corrected chi connectivity index (χ2v) is 7.97. The van der Waals surface area contributed by atoms with Crippen LogP contribution in [0, 0.1) is 11.2 Å². The third-order valence-corrected chi connectivity index (χ3v) is 5.66. The van der Waals surface area contributed by atoms with E-state index in [1.807, 2.05) is 13.8 Å². The number of nitrogens with two attached hydrogens (primary N) is 1. The van der Waals surface area contributed by atoms with Crippen molar-refractivity contribution in [1.82, 2.24) is 4.31 Å². The van der Waals surface area contributed by atoms with E-state index < -0.39 is 15.8 Å². The molecule has 0 atom stereocenters. The zero-order valence-electron chi connectivity index (χ0n) is 11.9. The molecule has 0 unspecified atom stereocenters. The van der Waals surface area contributed by atoms with Crippen molar-refractivity contribution in [2.75, 3.05) is 13.1 Å². The lowest BCUT2D eigenvalue weighted by atomic mass is 9.85. The lowest BCUT2D eigenvalue weighted by molar-refractivity contribution is 0.187. The first-order valence-corrected chi connectivity index (χ1v) is 8.19. The van der Waals surface area contributed by atoms with Crippen LogP contribution in [0.4, 0.5) is 4.39 Å². The molecule has 0 bridgehead atoms. The van der Waals surface area contributed by atoms with Gasteiger partial charge in [0.1, 0.15) is 5.82 Å². The first-order valence-electron chi connectivity index (χ1n) is 6.75. The molecule has 20 heavy (non-hydrogen) atoms. The van der Waals surface area contributed by atoms with Crippen molar-refractivity contribution in [1.29, 1.82) is 0 Å². The molecule has 1 aromatic carbocycles. The minimum absolute atomic E-state index is 0.00213. The van der Waals surface area contributed by atoms with Crippen molar-refractivity contribution < 1.29 is 12.8 Å². The second kappa shape index (κ2) is 5.42. The molecule has 1 saturated heterocycles. The van der Waals surface area contributed by atoms with Crippen molar-refractivity contribution in [3.05, 3.63) is 29.6 Å². The summed E-state index contributed by atoms with van der Waals surface area (Å²) in [6.07, 6.45) is 1.81. The van der Waals surface area contributed by atoms with E-state index >= 15 is 0 Å². The molecule has 1 fully saturated rings. The van der Waals surface area contributed by atoms with Crippen LogP contribution in [0.15, 0.2) is 23.1 Å². The van der Waals surface area contributed by atoms with E-state index in [2.05, 4.69) is 0 Å². The molecule has 0 amide bonds. The summed E-state index contributed by atoms with van der Waals surface area (Å²) in [5.74, 6) is -0.558. The van der Waals surface area contributed by atoms with E-state index in [4.69, 9.17) is 5.73 Å². The fraction of sp³-hybridized carbons (Fsp3) is 0.571. The molecule has 4 nitrogen and oxygen atoms in total. The first-order chi connectivity index (χ1) is 9.26. The first kappa shape index (κ1) is 15.4. The summed E-state index contributed by atoms with van der Waals surface area (Å²) in [6, 6.07) is 3.75. The fourth-order valence-electron chi connectivity index (χ4n) is 2.65. The Kier molecular flexibility index (Phi) is 4.18. The molecule has 2 N–H and O–H groups in total. The Morgan fingerprint density at radius 1 is 1.40 bits per heavy atom. The van der Waals surface area contributed by atoms with Crippen molar-refractivity contribution in [3.63, 3.8) is 0 Å². The van der Waals surface area contributed by atoms with Gasteiger partial charge in [-0.2, -0.15) is 4.31 Å². The van der Waals surface area contributed by atoms with Crippen LogP contribution in [0.2, 0.25) is 0 Å². The standard InChI is InChI=1S/C14H21FN2O2S/c1-14(2)6-3-7-17(10-14)20(18,19)13-8-12(15)5-4-11(13)9-16/h4-5,8H,3,6-7,9-10,16H2,1-2H3. The minimum Gasteiger partial charge on any atom is -0.326 e. The molecule has 0 spiro atoms. The molecule has 6 heteroatoms. The third kappa shape index (κ3) is 3.02. The lowest BCUT2D eigenvalue weighted by Gasteiger charge is -2.37. The van der Waals surface area contributed by atoms with E-state index in [9.17, 15) is 12.8 Å². The van der Waals surface area contributed by atoms with Crippen molar-refractivity contribution in [2.24, 2.45) is 11.1 Å². The zero-order chi connectivity index (χ0) is 15.0. The molecular weight excluding hydrogens is 279 g/mol. The molecule has 0 aromatic heterocycles. The summed E-state index contributed by atoms with van der Waals surface area (Å²) in [5.41, 5.74) is 5.97. The minimum atomic E-state index is -3.68. The van der Waals surface area contributed by atoms with Gasteiger partial charge in [0.15, 0.2) is 0 Å². The average Bonchev–Trinajstić information content (AvgIpc) is 2.37. The second-order valence-electron chi connectivity index (χ2n) is 6.06. The fourth-order valence-corrected chi connectivity index (χ4v) is 4.56. The maximum Gasteiger partial charge on any atom is 0.243 e. The Bertz CT molecular complexity index is 599. The van der Waals surface area contributed by atoms with Gasteiger partial charge in [0, 0.05) is 19.6 Å². The number of benzene rings is 1. The number of hydrogen-bond donors (Lipinski definition) is 1. The summed E-state index contributed by atoms with van der Waals surface area (Å²) in [5, 5.41) is 0. The van der Waals surface area contributed by atoms with Crippen LogP contribution in [0.3, 0.4) is 0 Å². The van der Waals surface area contributed by atoms with Gasteiger partial charge in [-0.3, -0.25) is 0 Å². The summed E-state index contributed by atoms with van der Waals surface area (Å²) < 4.78 is 40.3. The van der Waals surface area contributed by atoms with E-state index in [1.165, 1.54) is 16.4 Å². The third-order valence-electron chi connectivity index (χ3n) is 3.73. The van der Waals surface area contributed by atoms with Crippen molar-refractivity contribution in [3.8, 4) is 0 Å². The van der Waals surface area contributed by atoms with E-state index in [-0.39, 0.29) is 16.9 Å². The molecule has 1 aliphatic heterocycles. The number of halogens is 1. The van der Waals surface area contributed by atoms with E-state index in [0.29, 0.717) is 18.7 Å². The predicted molar refractivity (Wildman–Crippen MR) is 76.1 cm³/mol. The summed E-state index contributed by atoms with van der Waals surface area (Å²) in [6.45, 7) is 5.10. The molecule has 2 rings (SSSR count). The van der Waals surface area contributed by atoms with Gasteiger partial charge in [0.2, 0.25) is 10.0 Å². The van der Waals surface area contributed by atoms with Gasteiger partial charge in [0.05, 0.1) is 4.90 Å². The van der Waals surface area contributed by atoms with Crippen LogP contribution in [-0.2, 0) is 16.6 Å². The number of hydrogen-bond acceptors (Lipinski definition) is 3. The Morgan fingerprint density at radius 3 is 2.70 bits per heavy atom. The highest BCUT2D eigenvalue weighted by Gasteiger charge is 2.35. The summed E-state index contributed by atoms with van der Waals surface area (Å²) >= 11 is 0.